The first-order chi connectivity index (χ1) is 17.2. The molecule has 9 heteroatoms. The summed E-state index contributed by atoms with van der Waals surface area (Å²) in [6.45, 7) is 6.92. The van der Waals surface area contributed by atoms with E-state index >= 15 is 0 Å². The van der Waals surface area contributed by atoms with Crippen LogP contribution < -0.4 is 9.64 Å². The number of nitrogens with zero attached hydrogens (tertiary/aromatic N) is 3. The Bertz CT molecular complexity index is 1370. The van der Waals surface area contributed by atoms with Gasteiger partial charge < -0.3 is 19.2 Å². The number of aromatic nitrogens is 2. The predicted molar refractivity (Wildman–Crippen MR) is 141 cm³/mol. The number of hydrogen-bond acceptors (Lipinski definition) is 5. The van der Waals surface area contributed by atoms with Gasteiger partial charge >= 0.3 is 5.97 Å². The molecule has 0 aliphatic heterocycles. The zero-order chi connectivity index (χ0) is 26.0. The van der Waals surface area contributed by atoms with E-state index in [9.17, 15) is 4.79 Å². The highest BCUT2D eigenvalue weighted by atomic mass is 35.5. The van der Waals surface area contributed by atoms with Gasteiger partial charge in [0.1, 0.15) is 23.8 Å². The highest BCUT2D eigenvalue weighted by Gasteiger charge is 2.19. The third-order valence-electron chi connectivity index (χ3n) is 5.89. The SMILES string of the molecule is Cc1cc(OCc2c(C(C)C)cnn2-c2c(Cl)cccc2Cl)ccc1N(C)Cc1ccc(C(=O)O)o1. The van der Waals surface area contributed by atoms with Crippen LogP contribution in [-0.2, 0) is 13.2 Å². The molecular formula is C27H27Cl2N3O4. The lowest BCUT2D eigenvalue weighted by Crippen LogP contribution is -2.17. The van der Waals surface area contributed by atoms with Gasteiger partial charge in [-0.1, -0.05) is 43.1 Å². The van der Waals surface area contributed by atoms with Crippen LogP contribution in [0.15, 0.2) is 59.1 Å². The third-order valence-corrected chi connectivity index (χ3v) is 6.50. The van der Waals surface area contributed by atoms with Crippen molar-refractivity contribution in [1.29, 1.82) is 0 Å². The van der Waals surface area contributed by atoms with Crippen molar-refractivity contribution in [2.45, 2.75) is 39.8 Å². The molecule has 2 heterocycles. The monoisotopic (exact) mass is 527 g/mol. The molecule has 0 saturated heterocycles. The lowest BCUT2D eigenvalue weighted by Gasteiger charge is -2.21. The van der Waals surface area contributed by atoms with Gasteiger partial charge in [0.2, 0.25) is 5.76 Å². The van der Waals surface area contributed by atoms with E-state index in [-0.39, 0.29) is 18.3 Å². The van der Waals surface area contributed by atoms with Crippen LogP contribution in [0.25, 0.3) is 5.69 Å². The average Bonchev–Trinajstić information content (AvgIpc) is 3.45. The minimum Gasteiger partial charge on any atom is -0.487 e. The van der Waals surface area contributed by atoms with Gasteiger partial charge in [-0.25, -0.2) is 9.48 Å². The molecule has 0 bridgehead atoms. The van der Waals surface area contributed by atoms with Crippen LogP contribution in [0.3, 0.4) is 0 Å². The molecule has 4 aromatic rings. The summed E-state index contributed by atoms with van der Waals surface area (Å²) in [6, 6.07) is 14.3. The number of hydrogen-bond donors (Lipinski definition) is 1. The summed E-state index contributed by atoms with van der Waals surface area (Å²) in [5.74, 6) is 0.364. The molecule has 2 aromatic heterocycles. The lowest BCUT2D eigenvalue weighted by atomic mass is 10.0. The lowest BCUT2D eigenvalue weighted by molar-refractivity contribution is 0.0660. The van der Waals surface area contributed by atoms with Crippen molar-refractivity contribution in [1.82, 2.24) is 9.78 Å². The summed E-state index contributed by atoms with van der Waals surface area (Å²) in [5.41, 5.74) is 4.55. The summed E-state index contributed by atoms with van der Waals surface area (Å²) in [6.07, 6.45) is 1.83. The standard InChI is InChI=1S/C27H27Cl2N3O4/c1-16(2)20-13-30-32(26-21(28)6-5-7-22(26)29)24(20)15-35-18-8-10-23(17(3)12-18)31(4)14-19-9-11-25(36-19)27(33)34/h5-13,16H,14-15H2,1-4H3,(H,33,34). The van der Waals surface area contributed by atoms with E-state index in [1.807, 2.05) is 43.3 Å². The first-order valence-corrected chi connectivity index (χ1v) is 12.2. The van der Waals surface area contributed by atoms with Gasteiger partial charge in [-0.2, -0.15) is 5.10 Å². The first kappa shape index (κ1) is 25.7. The van der Waals surface area contributed by atoms with Crippen molar-refractivity contribution in [2.75, 3.05) is 11.9 Å². The van der Waals surface area contributed by atoms with Gasteiger partial charge in [-0.15, -0.1) is 0 Å². The molecule has 7 nitrogen and oxygen atoms in total. The quantitative estimate of drug-likeness (QED) is 0.249. The number of furan rings is 1. The van der Waals surface area contributed by atoms with E-state index in [0.29, 0.717) is 33.8 Å². The molecule has 0 aliphatic carbocycles. The van der Waals surface area contributed by atoms with E-state index in [0.717, 1.165) is 22.5 Å². The molecule has 4 rings (SSSR count). The van der Waals surface area contributed by atoms with Crippen LogP contribution in [0.1, 0.15) is 52.9 Å². The Hall–Kier alpha value is -3.42. The Morgan fingerprint density at radius 2 is 1.89 bits per heavy atom. The van der Waals surface area contributed by atoms with Gasteiger partial charge in [-0.3, -0.25) is 0 Å². The number of para-hydroxylation sites is 1. The fourth-order valence-electron chi connectivity index (χ4n) is 4.09. The molecule has 2 aromatic carbocycles. The number of anilines is 1. The molecule has 0 amide bonds. The predicted octanol–water partition coefficient (Wildman–Crippen LogP) is 7.12. The smallest absolute Gasteiger partial charge is 0.371 e. The molecule has 0 spiro atoms. The first-order valence-electron chi connectivity index (χ1n) is 11.4. The normalized spacial score (nSPS) is 11.2. The zero-order valence-electron chi connectivity index (χ0n) is 20.5. The Kier molecular flexibility index (Phi) is 7.62. The fraction of sp³-hybridized carbons (Fsp3) is 0.259. The second-order valence-corrected chi connectivity index (χ2v) is 9.66. The molecule has 0 fully saturated rings. The Morgan fingerprint density at radius 3 is 2.50 bits per heavy atom. The number of aromatic carboxylic acids is 1. The molecule has 36 heavy (non-hydrogen) atoms. The number of ether oxygens (including phenoxy) is 1. The van der Waals surface area contributed by atoms with E-state index in [1.165, 1.54) is 6.07 Å². The average molecular weight is 528 g/mol. The van der Waals surface area contributed by atoms with Crippen LogP contribution in [0.2, 0.25) is 10.0 Å². The number of carbonyl (C=O) groups is 1. The van der Waals surface area contributed by atoms with Crippen molar-refractivity contribution < 1.29 is 19.1 Å². The zero-order valence-corrected chi connectivity index (χ0v) is 22.0. The van der Waals surface area contributed by atoms with E-state index in [2.05, 4.69) is 18.9 Å². The number of aryl methyl sites for hydroxylation is 1. The van der Waals surface area contributed by atoms with E-state index in [1.54, 1.807) is 28.9 Å². The molecular weight excluding hydrogens is 501 g/mol. The molecule has 0 atom stereocenters. The molecule has 188 valence electrons. The van der Waals surface area contributed by atoms with Crippen molar-refractivity contribution >= 4 is 34.9 Å². The Balaban J connectivity index is 1.53. The van der Waals surface area contributed by atoms with Crippen molar-refractivity contribution in [3.8, 4) is 11.4 Å². The van der Waals surface area contributed by atoms with Gasteiger partial charge in [-0.05, 0) is 66.4 Å². The van der Waals surface area contributed by atoms with Crippen molar-refractivity contribution in [3.05, 3.63) is 93.1 Å². The minimum absolute atomic E-state index is 0.0723. The molecule has 0 saturated carbocycles. The fourth-order valence-corrected chi connectivity index (χ4v) is 4.65. The van der Waals surface area contributed by atoms with Gasteiger partial charge in [0.25, 0.3) is 0 Å². The van der Waals surface area contributed by atoms with Crippen molar-refractivity contribution in [3.63, 3.8) is 0 Å². The summed E-state index contributed by atoms with van der Waals surface area (Å²) >= 11 is 12.9. The van der Waals surface area contributed by atoms with Crippen LogP contribution in [0, 0.1) is 6.92 Å². The summed E-state index contributed by atoms with van der Waals surface area (Å²) in [4.78, 5) is 13.1. The second-order valence-electron chi connectivity index (χ2n) is 8.85. The van der Waals surface area contributed by atoms with Gasteiger partial charge in [0.15, 0.2) is 0 Å². The van der Waals surface area contributed by atoms with Crippen LogP contribution in [-0.4, -0.2) is 27.9 Å². The van der Waals surface area contributed by atoms with Gasteiger partial charge in [0, 0.05) is 12.7 Å². The maximum Gasteiger partial charge on any atom is 0.371 e. The molecule has 0 unspecified atom stereocenters. The number of carboxylic acid groups (broad SMARTS) is 1. The number of halogens is 2. The third kappa shape index (κ3) is 5.37. The number of benzene rings is 2. The maximum atomic E-state index is 11.1. The largest absolute Gasteiger partial charge is 0.487 e. The van der Waals surface area contributed by atoms with Crippen LogP contribution >= 0.6 is 23.2 Å². The summed E-state index contributed by atoms with van der Waals surface area (Å²) < 4.78 is 13.3. The Labute approximate surface area is 219 Å². The highest BCUT2D eigenvalue weighted by Crippen LogP contribution is 2.32. The molecule has 0 radical (unpaired) electrons. The highest BCUT2D eigenvalue weighted by molar-refractivity contribution is 6.37. The molecule has 1 N–H and O–H groups in total. The van der Waals surface area contributed by atoms with Gasteiger partial charge in [0.05, 0.1) is 28.5 Å². The summed E-state index contributed by atoms with van der Waals surface area (Å²) in [7, 11) is 1.92. The van der Waals surface area contributed by atoms with E-state index in [4.69, 9.17) is 37.5 Å². The maximum absolute atomic E-state index is 11.1. The minimum atomic E-state index is -1.08. The van der Waals surface area contributed by atoms with Crippen molar-refractivity contribution in [2.24, 2.45) is 0 Å². The number of carboxylic acids is 1. The summed E-state index contributed by atoms with van der Waals surface area (Å²) in [5, 5.41) is 14.6. The molecule has 0 aliphatic rings. The van der Waals surface area contributed by atoms with Crippen LogP contribution in [0.4, 0.5) is 5.69 Å². The van der Waals surface area contributed by atoms with E-state index < -0.39 is 5.97 Å². The van der Waals surface area contributed by atoms with Crippen LogP contribution in [0.5, 0.6) is 5.75 Å². The number of rotatable bonds is 9. The topological polar surface area (TPSA) is 80.7 Å². The second kappa shape index (κ2) is 10.7. The Morgan fingerprint density at radius 1 is 1.17 bits per heavy atom.